The molecular formula is C14H10Br2FNO. The van der Waals surface area contributed by atoms with Crippen LogP contribution in [0.4, 0.5) is 10.1 Å². The molecule has 2 aromatic carbocycles. The molecule has 0 heterocycles. The summed E-state index contributed by atoms with van der Waals surface area (Å²) >= 11 is 6.60. The summed E-state index contributed by atoms with van der Waals surface area (Å²) in [5.74, 6) is -0.810. The molecule has 0 aliphatic heterocycles. The quantitative estimate of drug-likeness (QED) is 0.780. The molecule has 2 rings (SSSR count). The number of nitrogens with one attached hydrogen (secondary N) is 1. The topological polar surface area (TPSA) is 29.1 Å². The van der Waals surface area contributed by atoms with E-state index in [-0.39, 0.29) is 11.6 Å². The van der Waals surface area contributed by atoms with Gasteiger partial charge in [0, 0.05) is 8.95 Å². The monoisotopic (exact) mass is 385 g/mol. The molecule has 0 bridgehead atoms. The van der Waals surface area contributed by atoms with Gasteiger partial charge in [-0.15, -0.1) is 0 Å². The molecule has 1 N–H and O–H groups in total. The van der Waals surface area contributed by atoms with Crippen molar-refractivity contribution in [3.8, 4) is 0 Å². The van der Waals surface area contributed by atoms with Gasteiger partial charge in [0.2, 0.25) is 0 Å². The van der Waals surface area contributed by atoms with Crippen molar-refractivity contribution in [2.75, 3.05) is 5.32 Å². The second-order valence-corrected chi connectivity index (χ2v) is 5.83. The lowest BCUT2D eigenvalue weighted by molar-refractivity contribution is 0.102. The zero-order valence-corrected chi connectivity index (χ0v) is 13.2. The normalized spacial score (nSPS) is 10.3. The summed E-state index contributed by atoms with van der Waals surface area (Å²) in [4.78, 5) is 12.1. The second-order valence-electron chi connectivity index (χ2n) is 4.06. The third-order valence-electron chi connectivity index (χ3n) is 2.55. The Morgan fingerprint density at radius 1 is 1.16 bits per heavy atom. The number of aryl methyl sites for hydroxylation is 1. The van der Waals surface area contributed by atoms with Crippen molar-refractivity contribution < 1.29 is 9.18 Å². The smallest absolute Gasteiger partial charge is 0.256 e. The number of hydrogen-bond donors (Lipinski definition) is 1. The first-order chi connectivity index (χ1) is 8.97. The fourth-order valence-electron chi connectivity index (χ4n) is 1.58. The van der Waals surface area contributed by atoms with E-state index in [1.54, 1.807) is 31.2 Å². The number of carbonyl (C=O) groups is 1. The fourth-order valence-corrected chi connectivity index (χ4v) is 2.37. The Labute approximate surface area is 127 Å². The summed E-state index contributed by atoms with van der Waals surface area (Å²) in [5.41, 5.74) is 1.41. The molecule has 0 unspecified atom stereocenters. The van der Waals surface area contributed by atoms with Crippen LogP contribution in [-0.2, 0) is 0 Å². The maximum absolute atomic E-state index is 13.7. The summed E-state index contributed by atoms with van der Waals surface area (Å²) in [6, 6.07) is 9.91. The van der Waals surface area contributed by atoms with Crippen LogP contribution in [0.5, 0.6) is 0 Å². The van der Waals surface area contributed by atoms with Crippen molar-refractivity contribution in [1.82, 2.24) is 0 Å². The van der Waals surface area contributed by atoms with Gasteiger partial charge in [-0.1, -0.05) is 22.0 Å². The highest BCUT2D eigenvalue weighted by Gasteiger charge is 2.12. The number of amides is 1. The lowest BCUT2D eigenvalue weighted by Crippen LogP contribution is -2.13. The van der Waals surface area contributed by atoms with E-state index in [2.05, 4.69) is 37.2 Å². The van der Waals surface area contributed by atoms with Crippen molar-refractivity contribution >= 4 is 43.5 Å². The summed E-state index contributed by atoms with van der Waals surface area (Å²) < 4.78 is 15.1. The average Bonchev–Trinajstić information content (AvgIpc) is 2.35. The van der Waals surface area contributed by atoms with E-state index in [4.69, 9.17) is 0 Å². The first-order valence-corrected chi connectivity index (χ1v) is 7.08. The van der Waals surface area contributed by atoms with E-state index in [9.17, 15) is 9.18 Å². The first-order valence-electron chi connectivity index (χ1n) is 5.50. The summed E-state index contributed by atoms with van der Waals surface area (Å²) in [6.07, 6.45) is 0. The van der Waals surface area contributed by atoms with Gasteiger partial charge in [-0.3, -0.25) is 4.79 Å². The van der Waals surface area contributed by atoms with E-state index in [1.807, 2.05) is 6.07 Å². The van der Waals surface area contributed by atoms with Gasteiger partial charge < -0.3 is 5.32 Å². The minimum absolute atomic E-state index is 0.169. The van der Waals surface area contributed by atoms with E-state index in [0.717, 1.165) is 10.0 Å². The van der Waals surface area contributed by atoms with Crippen LogP contribution in [-0.4, -0.2) is 5.91 Å². The van der Waals surface area contributed by atoms with Gasteiger partial charge in [0.15, 0.2) is 0 Å². The van der Waals surface area contributed by atoms with Crippen LogP contribution in [0.15, 0.2) is 45.3 Å². The van der Waals surface area contributed by atoms with Crippen molar-refractivity contribution in [2.24, 2.45) is 0 Å². The van der Waals surface area contributed by atoms with Crippen molar-refractivity contribution in [2.45, 2.75) is 6.92 Å². The number of halogens is 3. The minimum atomic E-state index is -0.445. The Kier molecular flexibility index (Phi) is 4.37. The molecule has 0 aliphatic carbocycles. The molecule has 0 radical (unpaired) electrons. The van der Waals surface area contributed by atoms with Crippen molar-refractivity contribution in [3.63, 3.8) is 0 Å². The molecule has 0 aliphatic rings. The van der Waals surface area contributed by atoms with Gasteiger partial charge in [0.1, 0.15) is 5.82 Å². The number of anilines is 1. The van der Waals surface area contributed by atoms with Gasteiger partial charge in [-0.2, -0.15) is 0 Å². The highest BCUT2D eigenvalue weighted by atomic mass is 79.9. The molecule has 2 aromatic rings. The number of carbonyl (C=O) groups excluding carboxylic acids is 1. The number of hydrogen-bond acceptors (Lipinski definition) is 1. The summed E-state index contributed by atoms with van der Waals surface area (Å²) in [7, 11) is 0. The van der Waals surface area contributed by atoms with Crippen molar-refractivity contribution in [3.05, 3.63) is 62.3 Å². The molecule has 0 fully saturated rings. The van der Waals surface area contributed by atoms with Gasteiger partial charge in [0.05, 0.1) is 11.3 Å². The van der Waals surface area contributed by atoms with Crippen molar-refractivity contribution in [1.29, 1.82) is 0 Å². The molecule has 5 heteroatoms. The van der Waals surface area contributed by atoms with Gasteiger partial charge in [0.25, 0.3) is 5.91 Å². The molecule has 0 saturated carbocycles. The lowest BCUT2D eigenvalue weighted by atomic mass is 10.2. The molecule has 0 atom stereocenters. The van der Waals surface area contributed by atoms with Gasteiger partial charge >= 0.3 is 0 Å². The summed E-state index contributed by atoms with van der Waals surface area (Å²) in [5, 5.41) is 2.56. The van der Waals surface area contributed by atoms with Crippen LogP contribution in [0.1, 0.15) is 15.9 Å². The molecule has 2 nitrogen and oxygen atoms in total. The lowest BCUT2D eigenvalue weighted by Gasteiger charge is -2.08. The Morgan fingerprint density at radius 2 is 1.89 bits per heavy atom. The van der Waals surface area contributed by atoms with Gasteiger partial charge in [-0.05, 0) is 58.7 Å². The van der Waals surface area contributed by atoms with Crippen LogP contribution < -0.4 is 5.32 Å². The largest absolute Gasteiger partial charge is 0.319 e. The van der Waals surface area contributed by atoms with Gasteiger partial charge in [-0.25, -0.2) is 4.39 Å². The predicted octanol–water partition coefficient (Wildman–Crippen LogP) is 4.91. The Morgan fingerprint density at radius 3 is 2.58 bits per heavy atom. The van der Waals surface area contributed by atoms with E-state index >= 15 is 0 Å². The van der Waals surface area contributed by atoms with Crippen LogP contribution in [0.2, 0.25) is 0 Å². The highest BCUT2D eigenvalue weighted by molar-refractivity contribution is 9.11. The van der Waals surface area contributed by atoms with E-state index < -0.39 is 5.82 Å². The zero-order chi connectivity index (χ0) is 14.0. The molecule has 98 valence electrons. The van der Waals surface area contributed by atoms with Crippen LogP contribution in [0, 0.1) is 12.7 Å². The Balaban J connectivity index is 2.28. The fraction of sp³-hybridized carbons (Fsp3) is 0.0714. The third-order valence-corrected chi connectivity index (χ3v) is 3.73. The molecule has 0 aromatic heterocycles. The third kappa shape index (κ3) is 3.42. The molecule has 0 spiro atoms. The zero-order valence-electron chi connectivity index (χ0n) is 10.0. The van der Waals surface area contributed by atoms with E-state index in [0.29, 0.717) is 10.0 Å². The summed E-state index contributed by atoms with van der Waals surface area (Å²) in [6.45, 7) is 1.79. The van der Waals surface area contributed by atoms with Crippen LogP contribution in [0.3, 0.4) is 0 Å². The predicted molar refractivity (Wildman–Crippen MR) is 80.9 cm³/mol. The maximum Gasteiger partial charge on any atom is 0.256 e. The van der Waals surface area contributed by atoms with E-state index in [1.165, 1.54) is 6.07 Å². The minimum Gasteiger partial charge on any atom is -0.319 e. The molecular weight excluding hydrogens is 377 g/mol. The van der Waals surface area contributed by atoms with Crippen LogP contribution in [0.25, 0.3) is 0 Å². The SMILES string of the molecule is Cc1ccc(NC(=O)c2cc(Br)ccc2Br)c(F)c1. The number of rotatable bonds is 2. The Bertz CT molecular complexity index is 643. The molecule has 0 saturated heterocycles. The first kappa shape index (κ1) is 14.2. The molecule has 1 amide bonds. The average molecular weight is 387 g/mol. The van der Waals surface area contributed by atoms with Crippen LogP contribution >= 0.6 is 31.9 Å². The standard InChI is InChI=1S/C14H10Br2FNO/c1-8-2-5-13(12(17)6-8)18-14(19)10-7-9(15)3-4-11(10)16/h2-7H,1H3,(H,18,19). The second kappa shape index (κ2) is 5.84. The maximum atomic E-state index is 13.7. The Hall–Kier alpha value is -1.20. The highest BCUT2D eigenvalue weighted by Crippen LogP contribution is 2.23. The molecule has 19 heavy (non-hydrogen) atoms. The number of benzene rings is 2.